The zero-order chi connectivity index (χ0) is 13.6. The molecule has 4 nitrogen and oxygen atoms in total. The maximum Gasteiger partial charge on any atom is 0.153 e. The van der Waals surface area contributed by atoms with Crippen LogP contribution in [-0.4, -0.2) is 26.2 Å². The summed E-state index contributed by atoms with van der Waals surface area (Å²) in [5.74, 6) is 0.0577. The van der Waals surface area contributed by atoms with Gasteiger partial charge in [-0.1, -0.05) is 20.3 Å². The Hall–Kier alpha value is -0.460. The highest BCUT2D eigenvalue weighted by Crippen LogP contribution is 2.21. The molecule has 1 heterocycles. The van der Waals surface area contributed by atoms with Gasteiger partial charge in [0, 0.05) is 17.7 Å². The summed E-state index contributed by atoms with van der Waals surface area (Å²) in [5.41, 5.74) is 1.06. The zero-order valence-corrected chi connectivity index (χ0v) is 13.0. The lowest BCUT2D eigenvalue weighted by Crippen LogP contribution is -2.13. The molecular formula is C12H22N2O2S2. The molecule has 6 heteroatoms. The van der Waals surface area contributed by atoms with Crippen LogP contribution in [0.3, 0.4) is 0 Å². The Morgan fingerprint density at radius 3 is 2.56 bits per heavy atom. The van der Waals surface area contributed by atoms with Crippen molar-refractivity contribution in [2.75, 3.05) is 12.8 Å². The van der Waals surface area contributed by atoms with Gasteiger partial charge in [0.1, 0.15) is 10.8 Å². The van der Waals surface area contributed by atoms with Gasteiger partial charge in [0.2, 0.25) is 0 Å². The smallest absolute Gasteiger partial charge is 0.153 e. The van der Waals surface area contributed by atoms with Crippen LogP contribution in [0, 0.1) is 0 Å². The van der Waals surface area contributed by atoms with E-state index in [4.69, 9.17) is 0 Å². The number of aromatic nitrogens is 1. The van der Waals surface area contributed by atoms with E-state index in [0.29, 0.717) is 5.01 Å². The minimum absolute atomic E-state index is 0.0577. The van der Waals surface area contributed by atoms with E-state index in [1.54, 1.807) is 0 Å². The van der Waals surface area contributed by atoms with Crippen molar-refractivity contribution < 1.29 is 8.42 Å². The third-order valence-electron chi connectivity index (χ3n) is 2.41. The number of nitrogens with zero attached hydrogens (tertiary/aromatic N) is 1. The maximum absolute atomic E-state index is 11.3. The molecule has 0 fully saturated rings. The van der Waals surface area contributed by atoms with Gasteiger partial charge in [0.15, 0.2) is 9.84 Å². The van der Waals surface area contributed by atoms with Gasteiger partial charge >= 0.3 is 0 Å². The quantitative estimate of drug-likeness (QED) is 0.745. The second kappa shape index (κ2) is 7.21. The Morgan fingerprint density at radius 2 is 2.00 bits per heavy atom. The summed E-state index contributed by atoms with van der Waals surface area (Å²) in [6, 6.07) is 0. The van der Waals surface area contributed by atoms with Gasteiger partial charge in [0.25, 0.3) is 0 Å². The third kappa shape index (κ3) is 5.46. The lowest BCUT2D eigenvalue weighted by Gasteiger charge is -2.02. The number of aryl methyl sites for hydroxylation is 1. The van der Waals surface area contributed by atoms with E-state index < -0.39 is 9.84 Å². The lowest BCUT2D eigenvalue weighted by atomic mass is 10.2. The average Bonchev–Trinajstić information content (AvgIpc) is 2.59. The summed E-state index contributed by atoms with van der Waals surface area (Å²) >= 11 is 1.52. The Balaban J connectivity index is 2.79. The molecule has 0 aliphatic heterocycles. The van der Waals surface area contributed by atoms with Crippen LogP contribution >= 0.6 is 11.3 Å². The number of hydrogen-bond acceptors (Lipinski definition) is 5. The highest BCUT2D eigenvalue weighted by Gasteiger charge is 2.14. The largest absolute Gasteiger partial charge is 0.312 e. The van der Waals surface area contributed by atoms with Gasteiger partial charge < -0.3 is 5.32 Å². The predicted molar refractivity (Wildman–Crippen MR) is 76.7 cm³/mol. The lowest BCUT2D eigenvalue weighted by molar-refractivity contribution is 0.601. The Labute approximate surface area is 114 Å². The molecular weight excluding hydrogens is 268 g/mol. The normalized spacial score (nSPS) is 11.9. The molecule has 0 aliphatic rings. The van der Waals surface area contributed by atoms with Crippen LogP contribution in [0.4, 0.5) is 0 Å². The molecule has 1 aromatic rings. The summed E-state index contributed by atoms with van der Waals surface area (Å²) in [6.45, 7) is 6.01. The number of sulfone groups is 1. The Bertz CT molecular complexity index is 466. The van der Waals surface area contributed by atoms with Crippen LogP contribution in [-0.2, 0) is 28.6 Å². The number of hydrogen-bond donors (Lipinski definition) is 1. The van der Waals surface area contributed by atoms with Crippen molar-refractivity contribution in [2.45, 2.75) is 45.4 Å². The van der Waals surface area contributed by atoms with Crippen molar-refractivity contribution in [3.8, 4) is 0 Å². The molecule has 0 radical (unpaired) electrons. The van der Waals surface area contributed by atoms with Crippen molar-refractivity contribution in [3.05, 3.63) is 15.6 Å². The molecule has 18 heavy (non-hydrogen) atoms. The van der Waals surface area contributed by atoms with Gasteiger partial charge in [-0.3, -0.25) is 0 Å². The van der Waals surface area contributed by atoms with Crippen LogP contribution in [0.5, 0.6) is 0 Å². The van der Waals surface area contributed by atoms with Crippen molar-refractivity contribution in [3.63, 3.8) is 0 Å². The van der Waals surface area contributed by atoms with E-state index in [2.05, 4.69) is 24.1 Å². The summed E-state index contributed by atoms with van der Waals surface area (Å²) < 4.78 is 22.6. The van der Waals surface area contributed by atoms with E-state index in [-0.39, 0.29) is 5.75 Å². The molecule has 0 amide bonds. The van der Waals surface area contributed by atoms with Crippen LogP contribution in [0.25, 0.3) is 0 Å². The van der Waals surface area contributed by atoms with Crippen molar-refractivity contribution >= 4 is 21.2 Å². The fourth-order valence-corrected chi connectivity index (χ4v) is 3.94. The number of rotatable bonds is 8. The van der Waals surface area contributed by atoms with Gasteiger partial charge in [-0.15, -0.1) is 11.3 Å². The minimum atomic E-state index is -2.99. The van der Waals surface area contributed by atoms with Gasteiger partial charge in [-0.25, -0.2) is 13.4 Å². The minimum Gasteiger partial charge on any atom is -0.312 e. The molecule has 0 spiro atoms. The standard InChI is InChI=1S/C12H22N2O2S2/c1-4-6-10-11(8-13-7-5-2)17-12(14-10)9-18(3,15)16/h13H,4-9H2,1-3H3. The second-order valence-corrected chi connectivity index (χ2v) is 7.78. The molecule has 1 rings (SSSR count). The van der Waals surface area contributed by atoms with E-state index >= 15 is 0 Å². The Morgan fingerprint density at radius 1 is 1.28 bits per heavy atom. The number of thiazole rings is 1. The number of nitrogens with one attached hydrogen (secondary N) is 1. The molecule has 0 bridgehead atoms. The van der Waals surface area contributed by atoms with E-state index in [9.17, 15) is 8.42 Å². The maximum atomic E-state index is 11.3. The average molecular weight is 290 g/mol. The molecule has 1 N–H and O–H groups in total. The highest BCUT2D eigenvalue weighted by molar-refractivity contribution is 7.90. The SMILES string of the molecule is CCCNCc1sc(CS(C)(=O)=O)nc1CCC. The van der Waals surface area contributed by atoms with Crippen molar-refractivity contribution in [1.29, 1.82) is 0 Å². The Kier molecular flexibility index (Phi) is 6.25. The molecule has 0 aliphatic carbocycles. The van der Waals surface area contributed by atoms with E-state index in [0.717, 1.165) is 38.0 Å². The molecule has 0 atom stereocenters. The third-order valence-corrected chi connectivity index (χ3v) is 4.49. The molecule has 0 saturated carbocycles. The first-order valence-electron chi connectivity index (χ1n) is 6.32. The predicted octanol–water partition coefficient (Wildman–Crippen LogP) is 2.14. The fraction of sp³-hybridized carbons (Fsp3) is 0.750. The fourth-order valence-electron chi connectivity index (χ4n) is 1.67. The molecule has 1 aromatic heterocycles. The van der Waals surface area contributed by atoms with E-state index in [1.165, 1.54) is 22.5 Å². The summed E-state index contributed by atoms with van der Waals surface area (Å²) in [5, 5.41) is 4.06. The first-order chi connectivity index (χ1) is 8.46. The molecule has 0 aromatic carbocycles. The monoisotopic (exact) mass is 290 g/mol. The summed E-state index contributed by atoms with van der Waals surface area (Å²) in [7, 11) is -2.99. The van der Waals surface area contributed by atoms with E-state index in [1.807, 2.05) is 0 Å². The van der Waals surface area contributed by atoms with Crippen molar-refractivity contribution in [1.82, 2.24) is 10.3 Å². The molecule has 0 saturated heterocycles. The van der Waals surface area contributed by atoms with Gasteiger partial charge in [-0.05, 0) is 19.4 Å². The van der Waals surface area contributed by atoms with Crippen LogP contribution < -0.4 is 5.32 Å². The highest BCUT2D eigenvalue weighted by atomic mass is 32.2. The first kappa shape index (κ1) is 15.6. The second-order valence-electron chi connectivity index (χ2n) is 4.47. The van der Waals surface area contributed by atoms with Crippen LogP contribution in [0.1, 0.15) is 42.3 Å². The first-order valence-corrected chi connectivity index (χ1v) is 9.19. The van der Waals surface area contributed by atoms with Gasteiger partial charge in [-0.2, -0.15) is 0 Å². The molecule has 0 unspecified atom stereocenters. The van der Waals surface area contributed by atoms with Crippen LogP contribution in [0.15, 0.2) is 0 Å². The van der Waals surface area contributed by atoms with Gasteiger partial charge in [0.05, 0.1) is 5.69 Å². The topological polar surface area (TPSA) is 59.1 Å². The summed E-state index contributed by atoms with van der Waals surface area (Å²) in [4.78, 5) is 5.65. The molecule has 104 valence electrons. The van der Waals surface area contributed by atoms with Crippen LogP contribution in [0.2, 0.25) is 0 Å². The van der Waals surface area contributed by atoms with Crippen molar-refractivity contribution in [2.24, 2.45) is 0 Å². The zero-order valence-electron chi connectivity index (χ0n) is 11.3. The summed E-state index contributed by atoms with van der Waals surface area (Å²) in [6.07, 6.45) is 4.30.